The van der Waals surface area contributed by atoms with Crippen molar-refractivity contribution in [2.24, 2.45) is 0 Å². The van der Waals surface area contributed by atoms with E-state index in [-0.39, 0.29) is 29.0 Å². The van der Waals surface area contributed by atoms with Crippen LogP contribution in [0, 0.1) is 0 Å². The van der Waals surface area contributed by atoms with Crippen LogP contribution in [0.25, 0.3) is 0 Å². The van der Waals surface area contributed by atoms with Gasteiger partial charge in [-0.2, -0.15) is 0 Å². The van der Waals surface area contributed by atoms with Gasteiger partial charge in [0, 0.05) is 17.4 Å². The fourth-order valence-electron chi connectivity index (χ4n) is 3.21. The monoisotopic (exact) mass is 443 g/mol. The van der Waals surface area contributed by atoms with Crippen molar-refractivity contribution in [3.8, 4) is 11.5 Å². The summed E-state index contributed by atoms with van der Waals surface area (Å²) < 4.78 is 36.4. The summed E-state index contributed by atoms with van der Waals surface area (Å²) in [7, 11) is -3.64. The Morgan fingerprint density at radius 1 is 1.00 bits per heavy atom. The van der Waals surface area contributed by atoms with Crippen LogP contribution in [0.1, 0.15) is 22.9 Å². The maximum atomic E-state index is 12.7. The molecule has 4 rings (SSSR count). The Balaban J connectivity index is 1.44. The largest absolute Gasteiger partial charge is 0.486 e. The topological polar surface area (TPSA) is 81.7 Å². The van der Waals surface area contributed by atoms with Crippen LogP contribution in [0.3, 0.4) is 0 Å². The van der Waals surface area contributed by atoms with Crippen molar-refractivity contribution in [2.45, 2.75) is 17.4 Å². The van der Waals surface area contributed by atoms with Gasteiger partial charge >= 0.3 is 0 Å². The molecule has 1 aromatic heterocycles. The summed E-state index contributed by atoms with van der Waals surface area (Å²) >= 11 is 1.54. The molecule has 1 aliphatic heterocycles. The average Bonchev–Trinajstić information content (AvgIpc) is 3.31. The Kier molecular flexibility index (Phi) is 6.06. The summed E-state index contributed by atoms with van der Waals surface area (Å²) in [5, 5.41) is 4.92. The summed E-state index contributed by atoms with van der Waals surface area (Å²) in [6.07, 6.45) is -0.133. The average molecular weight is 444 g/mol. The molecule has 1 aliphatic rings. The zero-order chi connectivity index (χ0) is 21.0. The molecule has 1 atom stereocenters. The van der Waals surface area contributed by atoms with Gasteiger partial charge in [-0.3, -0.25) is 4.79 Å². The van der Waals surface area contributed by atoms with Crippen LogP contribution in [-0.2, 0) is 14.6 Å². The third-order valence-corrected chi connectivity index (χ3v) is 7.39. The minimum absolute atomic E-state index is 0.123. The van der Waals surface area contributed by atoms with Gasteiger partial charge in [0.25, 0.3) is 0 Å². The van der Waals surface area contributed by atoms with E-state index >= 15 is 0 Å². The Hall–Kier alpha value is -2.84. The van der Waals surface area contributed by atoms with Crippen molar-refractivity contribution >= 4 is 27.1 Å². The van der Waals surface area contributed by atoms with Crippen molar-refractivity contribution in [3.05, 3.63) is 76.5 Å². The number of carbonyl (C=O) groups is 1. The van der Waals surface area contributed by atoms with E-state index in [0.29, 0.717) is 24.7 Å². The van der Waals surface area contributed by atoms with Crippen molar-refractivity contribution in [1.29, 1.82) is 0 Å². The van der Waals surface area contributed by atoms with E-state index in [4.69, 9.17) is 9.47 Å². The summed E-state index contributed by atoms with van der Waals surface area (Å²) in [5.74, 6) is 0.330. The molecule has 0 spiro atoms. The van der Waals surface area contributed by atoms with E-state index in [9.17, 15) is 13.2 Å². The predicted molar refractivity (Wildman–Crippen MR) is 115 cm³/mol. The molecule has 6 nitrogen and oxygen atoms in total. The van der Waals surface area contributed by atoms with Gasteiger partial charge in [-0.05, 0) is 29.1 Å². The molecule has 0 fully saturated rings. The van der Waals surface area contributed by atoms with Gasteiger partial charge in [0.05, 0.1) is 16.7 Å². The number of nitrogens with one attached hydrogen (secondary N) is 1. The zero-order valence-corrected chi connectivity index (χ0v) is 17.7. The zero-order valence-electron chi connectivity index (χ0n) is 16.1. The molecule has 30 heavy (non-hydrogen) atoms. The van der Waals surface area contributed by atoms with E-state index in [2.05, 4.69) is 5.32 Å². The molecular formula is C22H21NO5S2. The summed E-state index contributed by atoms with van der Waals surface area (Å²) in [5.41, 5.74) is 0.947. The first-order valence-corrected chi connectivity index (χ1v) is 12.1. The molecule has 0 radical (unpaired) electrons. The van der Waals surface area contributed by atoms with Crippen molar-refractivity contribution < 1.29 is 22.7 Å². The standard InChI is InChI=1S/C22H21NO5S2/c24-21(23-22(20-7-4-13-29-20)16-5-2-1-3-6-16)10-14-30(25,26)17-8-9-18-19(15-17)28-12-11-27-18/h1-9,13,15,22H,10-12,14H2,(H,23,24)/t22-/m1/s1. The van der Waals surface area contributed by atoms with E-state index in [0.717, 1.165) is 10.4 Å². The molecule has 0 saturated heterocycles. The quantitative estimate of drug-likeness (QED) is 0.604. The third kappa shape index (κ3) is 4.66. The van der Waals surface area contributed by atoms with Crippen LogP contribution in [0.2, 0.25) is 0 Å². The van der Waals surface area contributed by atoms with Crippen molar-refractivity contribution in [3.63, 3.8) is 0 Å². The molecule has 0 unspecified atom stereocenters. The number of hydrogen-bond donors (Lipinski definition) is 1. The number of rotatable bonds is 7. The van der Waals surface area contributed by atoms with E-state index in [1.54, 1.807) is 17.4 Å². The maximum Gasteiger partial charge on any atom is 0.221 e. The van der Waals surface area contributed by atoms with Gasteiger partial charge in [-0.25, -0.2) is 8.42 Å². The molecule has 0 aliphatic carbocycles. The fraction of sp³-hybridized carbons (Fsp3) is 0.227. The first kappa shape index (κ1) is 20.4. The number of thiophene rings is 1. The van der Waals surface area contributed by atoms with Crippen LogP contribution >= 0.6 is 11.3 Å². The number of hydrogen-bond acceptors (Lipinski definition) is 6. The highest BCUT2D eigenvalue weighted by Gasteiger charge is 2.22. The van der Waals surface area contributed by atoms with Gasteiger partial charge in [-0.15, -0.1) is 11.3 Å². The van der Waals surface area contributed by atoms with Crippen molar-refractivity contribution in [1.82, 2.24) is 5.32 Å². The van der Waals surface area contributed by atoms with Crippen LogP contribution in [0.5, 0.6) is 11.5 Å². The van der Waals surface area contributed by atoms with Crippen LogP contribution in [0.15, 0.2) is 70.9 Å². The second kappa shape index (κ2) is 8.89. The molecule has 2 aromatic carbocycles. The summed E-state index contributed by atoms with van der Waals surface area (Å²) in [6, 6.07) is 17.7. The number of fused-ring (bicyclic) bond motifs is 1. The van der Waals surface area contributed by atoms with E-state index in [1.807, 2.05) is 47.8 Å². The SMILES string of the molecule is O=C(CCS(=O)(=O)c1ccc2c(c1)OCCO2)N[C@H](c1ccccc1)c1cccs1. The van der Waals surface area contributed by atoms with E-state index in [1.165, 1.54) is 12.1 Å². The second-order valence-electron chi connectivity index (χ2n) is 6.80. The van der Waals surface area contributed by atoms with Gasteiger partial charge in [0.1, 0.15) is 13.2 Å². The van der Waals surface area contributed by atoms with Crippen LogP contribution in [-0.4, -0.2) is 33.3 Å². The molecule has 2 heterocycles. The molecule has 8 heteroatoms. The first-order chi connectivity index (χ1) is 14.5. The molecular weight excluding hydrogens is 422 g/mol. The second-order valence-corrected chi connectivity index (χ2v) is 9.89. The maximum absolute atomic E-state index is 12.7. The van der Waals surface area contributed by atoms with Gasteiger partial charge in [-0.1, -0.05) is 36.4 Å². The van der Waals surface area contributed by atoms with Gasteiger partial charge in [0.2, 0.25) is 5.91 Å². The lowest BCUT2D eigenvalue weighted by Gasteiger charge is -2.19. The molecule has 3 aromatic rings. The summed E-state index contributed by atoms with van der Waals surface area (Å²) in [4.78, 5) is 13.7. The highest BCUT2D eigenvalue weighted by molar-refractivity contribution is 7.91. The normalized spacial score (nSPS) is 14.1. The molecule has 1 N–H and O–H groups in total. The first-order valence-electron chi connectivity index (χ1n) is 9.53. The fourth-order valence-corrected chi connectivity index (χ4v) is 5.27. The molecule has 1 amide bonds. The lowest BCUT2D eigenvalue weighted by atomic mass is 10.1. The van der Waals surface area contributed by atoms with Crippen LogP contribution in [0.4, 0.5) is 0 Å². The Labute approximate surface area is 179 Å². The Morgan fingerprint density at radius 2 is 1.77 bits per heavy atom. The van der Waals surface area contributed by atoms with Gasteiger partial charge in [0.15, 0.2) is 21.3 Å². The minimum Gasteiger partial charge on any atom is -0.486 e. The number of sulfone groups is 1. The molecule has 156 valence electrons. The molecule has 0 saturated carbocycles. The Morgan fingerprint density at radius 3 is 2.50 bits per heavy atom. The highest BCUT2D eigenvalue weighted by Crippen LogP contribution is 2.32. The number of carbonyl (C=O) groups excluding carboxylic acids is 1. The minimum atomic E-state index is -3.64. The third-order valence-electron chi connectivity index (χ3n) is 4.74. The van der Waals surface area contributed by atoms with Crippen molar-refractivity contribution in [2.75, 3.05) is 19.0 Å². The van der Waals surface area contributed by atoms with E-state index < -0.39 is 9.84 Å². The molecule has 0 bridgehead atoms. The number of benzene rings is 2. The summed E-state index contributed by atoms with van der Waals surface area (Å²) in [6.45, 7) is 0.814. The Bertz CT molecular complexity index is 1110. The lowest BCUT2D eigenvalue weighted by molar-refractivity contribution is -0.121. The smallest absolute Gasteiger partial charge is 0.221 e. The lowest BCUT2D eigenvalue weighted by Crippen LogP contribution is -2.30. The number of ether oxygens (including phenoxy) is 2. The van der Waals surface area contributed by atoms with Crippen LogP contribution < -0.4 is 14.8 Å². The number of amides is 1. The predicted octanol–water partition coefficient (Wildman–Crippen LogP) is 3.59. The van der Waals surface area contributed by atoms with Gasteiger partial charge < -0.3 is 14.8 Å². The highest BCUT2D eigenvalue weighted by atomic mass is 32.2.